The van der Waals surface area contributed by atoms with Crippen LogP contribution in [0.3, 0.4) is 0 Å². The van der Waals surface area contributed by atoms with Crippen molar-refractivity contribution >= 4 is 58.6 Å². The number of carbonyl (C=O) groups is 6. The Labute approximate surface area is 376 Å². The van der Waals surface area contributed by atoms with Crippen LogP contribution in [0.15, 0.2) is 48.7 Å². The molecule has 1 aromatic heterocycles. The molecule has 3 aromatic rings. The Bertz CT molecular complexity index is 2400. The molecule has 1 aliphatic carbocycles. The van der Waals surface area contributed by atoms with Crippen LogP contribution in [-0.2, 0) is 15.3 Å². The first-order chi connectivity index (χ1) is 31.4. The minimum absolute atomic E-state index is 0.00488. The third-order valence-corrected chi connectivity index (χ3v) is 14.9. The van der Waals surface area contributed by atoms with Crippen LogP contribution < -0.4 is 26.2 Å². The topological polar surface area (TPSA) is 198 Å². The van der Waals surface area contributed by atoms with Crippen molar-refractivity contribution in [3.05, 3.63) is 71.0 Å². The number of piperidine rings is 3. The lowest BCUT2D eigenvalue weighted by atomic mass is 9.85. The maximum atomic E-state index is 16.6. The molecule has 65 heavy (non-hydrogen) atoms. The number of aromatic nitrogens is 2. The Morgan fingerprint density at radius 2 is 1.52 bits per heavy atom. The summed E-state index contributed by atoms with van der Waals surface area (Å²) >= 11 is 0. The summed E-state index contributed by atoms with van der Waals surface area (Å²) in [7, 11) is 0. The molecule has 2 aromatic carbocycles. The van der Waals surface area contributed by atoms with Gasteiger partial charge in [-0.25, -0.2) is 19.2 Å². The highest BCUT2D eigenvalue weighted by molar-refractivity contribution is 6.23. The van der Waals surface area contributed by atoms with Crippen molar-refractivity contribution < 1.29 is 33.2 Å². The van der Waals surface area contributed by atoms with Crippen LogP contribution in [0.4, 0.5) is 32.2 Å². The second-order valence-electron chi connectivity index (χ2n) is 18.9. The highest BCUT2D eigenvalue weighted by Gasteiger charge is 2.45. The number of carbonyl (C=O) groups excluding carboxylic acids is 6. The number of alkyl halides is 1. The van der Waals surface area contributed by atoms with Crippen molar-refractivity contribution in [1.29, 1.82) is 0 Å². The van der Waals surface area contributed by atoms with Crippen molar-refractivity contribution in [2.24, 2.45) is 11.7 Å². The number of fused-ring (bicyclic) bond motifs is 1. The molecule has 7 heterocycles. The summed E-state index contributed by atoms with van der Waals surface area (Å²) in [6, 6.07) is 11.9. The van der Waals surface area contributed by atoms with E-state index in [9.17, 15) is 28.8 Å². The van der Waals surface area contributed by atoms with Gasteiger partial charge in [-0.2, -0.15) is 0 Å². The SMILES string of the molecule is NC(=O)c1ncc(N2CCCC(N3CCN(C4CCCC4)C3=O)C2)nc1Nc1ccc(C2(F)CCN(CC3CCN(c4ccc5c(c4)C(=O)N(C4CCC(=O)NC4=O)C5=O)C3)CC2)cc1. The molecule has 7 aliphatic rings. The smallest absolute Gasteiger partial charge is 0.320 e. The number of amides is 7. The second kappa shape index (κ2) is 17.3. The second-order valence-corrected chi connectivity index (χ2v) is 18.9. The Hall–Kier alpha value is -6.17. The number of urea groups is 1. The van der Waals surface area contributed by atoms with Crippen molar-refractivity contribution in [1.82, 2.24) is 34.9 Å². The van der Waals surface area contributed by atoms with Gasteiger partial charge in [-0.05, 0) is 93.2 Å². The molecule has 4 N–H and O–H groups in total. The average Bonchev–Trinajstić information content (AvgIpc) is 4.13. The summed E-state index contributed by atoms with van der Waals surface area (Å²) in [6.07, 6.45) is 9.72. The molecular formula is C47H56FN11O6. The largest absolute Gasteiger partial charge is 0.371 e. The summed E-state index contributed by atoms with van der Waals surface area (Å²) in [5, 5.41) is 5.45. The van der Waals surface area contributed by atoms with Gasteiger partial charge in [-0.1, -0.05) is 25.0 Å². The van der Waals surface area contributed by atoms with Crippen LogP contribution in [-0.4, -0.2) is 142 Å². The van der Waals surface area contributed by atoms with Crippen molar-refractivity contribution in [3.63, 3.8) is 0 Å². The number of primary amides is 1. The summed E-state index contributed by atoms with van der Waals surface area (Å²) in [6.45, 7) is 6.43. The zero-order valence-electron chi connectivity index (χ0n) is 36.6. The predicted octanol–water partition coefficient (Wildman–Crippen LogP) is 4.16. The third-order valence-electron chi connectivity index (χ3n) is 14.9. The number of nitrogens with two attached hydrogens (primary N) is 1. The number of nitrogens with zero attached hydrogens (tertiary/aromatic N) is 8. The number of likely N-dealkylation sites (tertiary alicyclic amines) is 1. The molecule has 3 atom stereocenters. The van der Waals surface area contributed by atoms with E-state index >= 15 is 4.39 Å². The number of hydrogen-bond donors (Lipinski definition) is 3. The predicted molar refractivity (Wildman–Crippen MR) is 238 cm³/mol. The molecule has 0 radical (unpaired) electrons. The van der Waals surface area contributed by atoms with Crippen LogP contribution in [0.5, 0.6) is 0 Å². The standard InChI is InChI=1S/C47H56FN11O6/c48-47(16-20-54(21-17-47)26-29-15-19-55(27-29)33-11-12-35-36(24-33)45(64)59(44(35)63)37-13-14-39(60)53-43(37)62)30-7-9-31(10-8-30)51-42-40(41(49)61)50-25-38(52-42)56-18-3-6-34(28-56)58-23-22-57(46(58)65)32-4-1-2-5-32/h7-12,24-25,29,32,34,37H,1-6,13-23,26-28H2,(H2,49,61)(H,51,52)(H,53,60,62). The van der Waals surface area contributed by atoms with E-state index in [4.69, 9.17) is 10.7 Å². The van der Waals surface area contributed by atoms with Crippen LogP contribution in [0.25, 0.3) is 0 Å². The molecule has 7 amide bonds. The van der Waals surface area contributed by atoms with Gasteiger partial charge >= 0.3 is 6.03 Å². The molecule has 18 heteroatoms. The van der Waals surface area contributed by atoms with Crippen LogP contribution in [0.2, 0.25) is 0 Å². The Morgan fingerprint density at radius 3 is 2.26 bits per heavy atom. The Balaban J connectivity index is 0.728. The van der Waals surface area contributed by atoms with Gasteiger partial charge in [0.05, 0.1) is 23.4 Å². The van der Waals surface area contributed by atoms with Crippen molar-refractivity contribution in [2.45, 2.75) is 94.4 Å². The van der Waals surface area contributed by atoms with E-state index in [0.717, 1.165) is 82.0 Å². The molecule has 6 aliphatic heterocycles. The van der Waals surface area contributed by atoms with E-state index in [0.29, 0.717) is 61.5 Å². The summed E-state index contributed by atoms with van der Waals surface area (Å²) in [4.78, 5) is 97.6. The monoisotopic (exact) mass is 889 g/mol. The minimum Gasteiger partial charge on any atom is -0.371 e. The summed E-state index contributed by atoms with van der Waals surface area (Å²) in [5.74, 6) is -1.65. The number of rotatable bonds is 11. The van der Waals surface area contributed by atoms with Crippen LogP contribution in [0.1, 0.15) is 107 Å². The van der Waals surface area contributed by atoms with E-state index in [2.05, 4.69) is 35.2 Å². The van der Waals surface area contributed by atoms with Crippen molar-refractivity contribution in [3.8, 4) is 0 Å². The van der Waals surface area contributed by atoms with Gasteiger partial charge in [-0.15, -0.1) is 0 Å². The molecule has 1 saturated carbocycles. The highest BCUT2D eigenvalue weighted by Crippen LogP contribution is 2.39. The quantitative estimate of drug-likeness (QED) is 0.233. The molecule has 0 spiro atoms. The maximum absolute atomic E-state index is 16.6. The first kappa shape index (κ1) is 42.8. The number of halogens is 1. The molecule has 3 unspecified atom stereocenters. The molecule has 10 rings (SSSR count). The molecule has 5 saturated heterocycles. The number of imide groups is 2. The zero-order valence-corrected chi connectivity index (χ0v) is 36.6. The lowest BCUT2D eigenvalue weighted by molar-refractivity contribution is -0.136. The van der Waals surface area contributed by atoms with Crippen LogP contribution in [0, 0.1) is 5.92 Å². The van der Waals surface area contributed by atoms with Gasteiger partial charge in [0.1, 0.15) is 17.5 Å². The normalized spacial score (nSPS) is 25.2. The first-order valence-corrected chi connectivity index (χ1v) is 23.3. The molecule has 17 nitrogen and oxygen atoms in total. The van der Waals surface area contributed by atoms with Gasteiger partial charge < -0.3 is 35.6 Å². The number of hydrogen-bond acceptors (Lipinski definition) is 12. The minimum atomic E-state index is -1.50. The summed E-state index contributed by atoms with van der Waals surface area (Å²) < 4.78 is 16.6. The van der Waals surface area contributed by atoms with E-state index < -0.39 is 41.2 Å². The fraction of sp³-hybridized carbons (Fsp3) is 0.532. The molecule has 0 bridgehead atoms. The molecule has 342 valence electrons. The van der Waals surface area contributed by atoms with Gasteiger partial charge in [-0.3, -0.25) is 34.2 Å². The van der Waals surface area contributed by atoms with Gasteiger partial charge in [0.15, 0.2) is 11.5 Å². The van der Waals surface area contributed by atoms with Crippen LogP contribution >= 0.6 is 0 Å². The maximum Gasteiger partial charge on any atom is 0.320 e. The first-order valence-electron chi connectivity index (χ1n) is 23.3. The lowest BCUT2D eigenvalue weighted by Crippen LogP contribution is -2.54. The lowest BCUT2D eigenvalue weighted by Gasteiger charge is -2.38. The molecule has 6 fully saturated rings. The van der Waals surface area contributed by atoms with Gasteiger partial charge in [0.25, 0.3) is 17.7 Å². The fourth-order valence-electron chi connectivity index (χ4n) is 11.3. The van der Waals surface area contributed by atoms with Gasteiger partial charge in [0, 0.05) is 82.7 Å². The van der Waals surface area contributed by atoms with E-state index in [1.807, 2.05) is 11.0 Å². The number of benzene rings is 2. The number of anilines is 4. The third kappa shape index (κ3) is 8.25. The zero-order chi connectivity index (χ0) is 45.0. The van der Waals surface area contributed by atoms with E-state index in [1.165, 1.54) is 12.8 Å². The highest BCUT2D eigenvalue weighted by atomic mass is 19.1. The van der Waals surface area contributed by atoms with E-state index in [1.54, 1.807) is 42.6 Å². The summed E-state index contributed by atoms with van der Waals surface area (Å²) in [5.41, 5.74) is 6.81. The molecular weight excluding hydrogens is 834 g/mol. The Kier molecular flexibility index (Phi) is 11.4. The van der Waals surface area contributed by atoms with E-state index in [-0.39, 0.29) is 47.6 Å². The average molecular weight is 890 g/mol. The van der Waals surface area contributed by atoms with Crippen molar-refractivity contribution in [2.75, 3.05) is 74.0 Å². The number of nitrogens with one attached hydrogen (secondary N) is 2. The fourth-order valence-corrected chi connectivity index (χ4v) is 11.3. The van der Waals surface area contributed by atoms with Gasteiger partial charge in [0.2, 0.25) is 11.8 Å². The Morgan fingerprint density at radius 1 is 0.800 bits per heavy atom.